The Bertz CT molecular complexity index is 710. The summed E-state index contributed by atoms with van der Waals surface area (Å²) in [5.74, 6) is 4.17. The van der Waals surface area contributed by atoms with E-state index in [0.29, 0.717) is 16.7 Å². The topological polar surface area (TPSA) is 40.5 Å². The molecule has 0 unspecified atom stereocenters. The monoisotopic (exact) mass is 428 g/mol. The Morgan fingerprint density at radius 1 is 1.13 bits per heavy atom. The summed E-state index contributed by atoms with van der Waals surface area (Å²) in [5, 5.41) is 21.2. The number of hydrogen-bond acceptors (Lipinski definition) is 2. The molecule has 0 aromatic rings. The van der Waals surface area contributed by atoms with Crippen LogP contribution in [0.2, 0.25) is 0 Å². The van der Waals surface area contributed by atoms with Crippen LogP contribution in [-0.2, 0) is 0 Å². The van der Waals surface area contributed by atoms with Crippen molar-refractivity contribution in [2.24, 2.45) is 46.3 Å². The molecule has 0 saturated heterocycles. The van der Waals surface area contributed by atoms with Gasteiger partial charge < -0.3 is 10.2 Å². The minimum absolute atomic E-state index is 0.110. The van der Waals surface area contributed by atoms with Crippen molar-refractivity contribution >= 4 is 0 Å². The van der Waals surface area contributed by atoms with Gasteiger partial charge in [-0.05, 0) is 111 Å². The molecule has 3 saturated carbocycles. The first kappa shape index (κ1) is 23.6. The van der Waals surface area contributed by atoms with Crippen LogP contribution in [-0.4, -0.2) is 21.9 Å². The lowest BCUT2D eigenvalue weighted by Crippen LogP contribution is -2.50. The van der Waals surface area contributed by atoms with E-state index in [1.165, 1.54) is 38.5 Å². The molecule has 0 amide bonds. The highest BCUT2D eigenvalue weighted by atomic mass is 16.3. The molecule has 0 aromatic carbocycles. The second-order valence-electron chi connectivity index (χ2n) is 12.8. The van der Waals surface area contributed by atoms with Gasteiger partial charge >= 0.3 is 0 Å². The van der Waals surface area contributed by atoms with Crippen LogP contribution in [0.25, 0.3) is 0 Å². The van der Waals surface area contributed by atoms with Crippen molar-refractivity contribution in [2.45, 2.75) is 111 Å². The first-order valence-electron chi connectivity index (χ1n) is 13.3. The molecule has 0 bridgehead atoms. The minimum Gasteiger partial charge on any atom is -0.393 e. The summed E-state index contributed by atoms with van der Waals surface area (Å²) in [4.78, 5) is 0. The van der Waals surface area contributed by atoms with Crippen molar-refractivity contribution in [1.82, 2.24) is 0 Å². The van der Waals surface area contributed by atoms with Crippen LogP contribution in [0.3, 0.4) is 0 Å². The summed E-state index contributed by atoms with van der Waals surface area (Å²) in [7, 11) is 0. The lowest BCUT2D eigenvalue weighted by atomic mass is 9.47. The Labute approximate surface area is 191 Å². The molecule has 2 nitrogen and oxygen atoms in total. The Kier molecular flexibility index (Phi) is 6.32. The predicted octanol–water partition coefficient (Wildman–Crippen LogP) is 6.92. The molecule has 176 valence electrons. The highest BCUT2D eigenvalue weighted by Gasteiger charge is 2.59. The molecule has 3 fully saturated rings. The quantitative estimate of drug-likeness (QED) is 0.451. The van der Waals surface area contributed by atoms with Crippen LogP contribution in [0.4, 0.5) is 0 Å². The van der Waals surface area contributed by atoms with E-state index in [2.05, 4.69) is 47.3 Å². The van der Waals surface area contributed by atoms with Gasteiger partial charge in [-0.25, -0.2) is 0 Å². The Balaban J connectivity index is 1.49. The molecule has 31 heavy (non-hydrogen) atoms. The van der Waals surface area contributed by atoms with Gasteiger partial charge in [0.25, 0.3) is 0 Å². The largest absolute Gasteiger partial charge is 0.393 e. The van der Waals surface area contributed by atoms with Gasteiger partial charge in [0.2, 0.25) is 0 Å². The van der Waals surface area contributed by atoms with Crippen LogP contribution >= 0.6 is 0 Å². The molecule has 2 heteroatoms. The number of aliphatic hydroxyl groups is 2. The molecular weight excluding hydrogens is 380 g/mol. The van der Waals surface area contributed by atoms with Crippen LogP contribution in [0.15, 0.2) is 24.3 Å². The van der Waals surface area contributed by atoms with Crippen LogP contribution in [0.1, 0.15) is 98.8 Å². The smallest absolute Gasteiger partial charge is 0.0847 e. The van der Waals surface area contributed by atoms with Crippen molar-refractivity contribution in [3.8, 4) is 0 Å². The van der Waals surface area contributed by atoms with Crippen molar-refractivity contribution in [3.63, 3.8) is 0 Å². The summed E-state index contributed by atoms with van der Waals surface area (Å²) in [6.07, 6.45) is 16.0. The number of hydrogen-bond donors (Lipinski definition) is 2. The third kappa shape index (κ3) is 3.78. The van der Waals surface area contributed by atoms with Gasteiger partial charge in [-0.15, -0.1) is 6.58 Å². The van der Waals surface area contributed by atoms with Crippen molar-refractivity contribution in [3.05, 3.63) is 24.3 Å². The van der Waals surface area contributed by atoms with Gasteiger partial charge in [0, 0.05) is 0 Å². The molecule has 0 aliphatic heterocycles. The predicted molar refractivity (Wildman–Crippen MR) is 130 cm³/mol. The highest BCUT2D eigenvalue weighted by molar-refractivity contribution is 5.25. The van der Waals surface area contributed by atoms with Crippen LogP contribution in [0.5, 0.6) is 0 Å². The first-order valence-corrected chi connectivity index (χ1v) is 13.3. The molecule has 0 aromatic heterocycles. The highest BCUT2D eigenvalue weighted by Crippen LogP contribution is 2.67. The van der Waals surface area contributed by atoms with Crippen molar-refractivity contribution in [2.75, 3.05) is 0 Å². The number of fused-ring (bicyclic) bond motifs is 5. The van der Waals surface area contributed by atoms with Crippen LogP contribution < -0.4 is 0 Å². The summed E-state index contributed by atoms with van der Waals surface area (Å²) in [6.45, 7) is 15.7. The van der Waals surface area contributed by atoms with Gasteiger partial charge in [-0.1, -0.05) is 52.3 Å². The van der Waals surface area contributed by atoms with Gasteiger partial charge in [0.05, 0.1) is 11.7 Å². The Morgan fingerprint density at radius 2 is 1.87 bits per heavy atom. The second kappa shape index (κ2) is 8.32. The maximum atomic E-state index is 11.0. The normalized spacial score (nSPS) is 45.2. The molecule has 0 radical (unpaired) electrons. The summed E-state index contributed by atoms with van der Waals surface area (Å²) >= 11 is 0. The SMILES string of the molecule is C=C[C@](O)(CC[C@@H](C)[C@H]1CC[C@H]2[C@@H]3CC=C4C[C@@H](O)CC[C@]4(C)[C@H]3CC[C@]12C)C(C)C. The van der Waals surface area contributed by atoms with E-state index < -0.39 is 5.60 Å². The second-order valence-corrected chi connectivity index (χ2v) is 12.8. The zero-order valence-corrected chi connectivity index (χ0v) is 20.9. The number of rotatable bonds is 6. The fraction of sp³-hybridized carbons (Fsp3) is 0.862. The maximum Gasteiger partial charge on any atom is 0.0847 e. The first-order chi connectivity index (χ1) is 14.5. The number of aliphatic hydroxyl groups excluding tert-OH is 1. The maximum absolute atomic E-state index is 11.0. The van der Waals surface area contributed by atoms with E-state index in [-0.39, 0.29) is 12.0 Å². The molecule has 0 heterocycles. The standard InChI is InChI=1S/C29H48O2/c1-7-29(31,19(2)3)17-12-20(4)24-10-11-25-23-9-8-21-18-22(30)13-15-27(21,5)26(23)14-16-28(24,25)6/h7-8,19-20,22-26,30-31H,1,9-18H2,2-6H3/t20-,22+,23+,24-,25+,26+,27+,28-,29+/m1/s1. The zero-order valence-electron chi connectivity index (χ0n) is 20.9. The van der Waals surface area contributed by atoms with Crippen molar-refractivity contribution in [1.29, 1.82) is 0 Å². The van der Waals surface area contributed by atoms with Gasteiger partial charge in [0.1, 0.15) is 0 Å². The Hall–Kier alpha value is -0.600. The molecular formula is C29H48O2. The van der Waals surface area contributed by atoms with Gasteiger partial charge in [0.15, 0.2) is 0 Å². The van der Waals surface area contributed by atoms with Crippen LogP contribution in [0, 0.1) is 46.3 Å². The lowest BCUT2D eigenvalue weighted by Gasteiger charge is -2.58. The third-order valence-corrected chi connectivity index (χ3v) is 11.2. The van der Waals surface area contributed by atoms with E-state index in [9.17, 15) is 10.2 Å². The molecule has 0 spiro atoms. The summed E-state index contributed by atoms with van der Waals surface area (Å²) < 4.78 is 0. The average molecular weight is 429 g/mol. The minimum atomic E-state index is -0.727. The van der Waals surface area contributed by atoms with E-state index in [1.807, 2.05) is 0 Å². The Morgan fingerprint density at radius 3 is 2.55 bits per heavy atom. The molecule has 4 aliphatic carbocycles. The third-order valence-electron chi connectivity index (χ3n) is 11.2. The summed E-state index contributed by atoms with van der Waals surface area (Å²) in [5.41, 5.74) is 1.65. The van der Waals surface area contributed by atoms with Crippen molar-refractivity contribution < 1.29 is 10.2 Å². The molecule has 4 aliphatic rings. The van der Waals surface area contributed by atoms with E-state index in [4.69, 9.17) is 0 Å². The molecule has 2 N–H and O–H groups in total. The van der Waals surface area contributed by atoms with Gasteiger partial charge in [-0.2, -0.15) is 0 Å². The number of allylic oxidation sites excluding steroid dienone is 1. The molecule has 4 rings (SSSR count). The molecule has 9 atom stereocenters. The van der Waals surface area contributed by atoms with E-state index in [0.717, 1.165) is 49.4 Å². The lowest BCUT2D eigenvalue weighted by molar-refractivity contribution is -0.0590. The average Bonchev–Trinajstić information content (AvgIpc) is 3.09. The van der Waals surface area contributed by atoms with E-state index >= 15 is 0 Å². The zero-order chi connectivity index (χ0) is 22.6. The van der Waals surface area contributed by atoms with Gasteiger partial charge in [-0.3, -0.25) is 0 Å². The summed E-state index contributed by atoms with van der Waals surface area (Å²) in [6, 6.07) is 0. The fourth-order valence-electron chi connectivity index (χ4n) is 8.90. The van der Waals surface area contributed by atoms with E-state index in [1.54, 1.807) is 11.6 Å². The fourth-order valence-corrected chi connectivity index (χ4v) is 8.90.